The summed E-state index contributed by atoms with van der Waals surface area (Å²) in [5.41, 5.74) is 4.54. The van der Waals surface area contributed by atoms with Gasteiger partial charge in [-0.2, -0.15) is 0 Å². The van der Waals surface area contributed by atoms with Crippen molar-refractivity contribution < 1.29 is 4.79 Å². The molecule has 1 N–H and O–H groups in total. The van der Waals surface area contributed by atoms with Crippen molar-refractivity contribution in [1.29, 1.82) is 0 Å². The zero-order valence-corrected chi connectivity index (χ0v) is 18.1. The van der Waals surface area contributed by atoms with Crippen molar-refractivity contribution in [2.24, 2.45) is 0 Å². The van der Waals surface area contributed by atoms with E-state index in [-0.39, 0.29) is 5.91 Å². The number of pyridine rings is 1. The van der Waals surface area contributed by atoms with Crippen LogP contribution in [0.15, 0.2) is 48.5 Å². The number of amides is 1. The largest absolute Gasteiger partial charge is 0.378 e. The average molecular weight is 404 g/mol. The van der Waals surface area contributed by atoms with Crippen LogP contribution in [-0.2, 0) is 0 Å². The van der Waals surface area contributed by atoms with E-state index in [1.54, 1.807) is 0 Å². The lowest BCUT2D eigenvalue weighted by molar-refractivity contribution is 0.102. The summed E-state index contributed by atoms with van der Waals surface area (Å²) >= 11 is 0. The van der Waals surface area contributed by atoms with E-state index < -0.39 is 0 Å². The Kier molecular flexibility index (Phi) is 5.59. The topological polar surface area (TPSA) is 51.7 Å². The summed E-state index contributed by atoms with van der Waals surface area (Å²) in [4.78, 5) is 24.3. The molecule has 2 heterocycles. The summed E-state index contributed by atoms with van der Waals surface area (Å²) in [7, 11) is 6.09. The molecule has 6 heteroatoms. The van der Waals surface area contributed by atoms with Crippen molar-refractivity contribution >= 4 is 34.0 Å². The predicted octanol–water partition coefficient (Wildman–Crippen LogP) is 3.61. The number of hydrogen-bond acceptors (Lipinski definition) is 5. The maximum absolute atomic E-state index is 12.7. The Morgan fingerprint density at radius 2 is 1.80 bits per heavy atom. The van der Waals surface area contributed by atoms with Crippen LogP contribution >= 0.6 is 0 Å². The second kappa shape index (κ2) is 8.32. The third kappa shape index (κ3) is 4.24. The minimum Gasteiger partial charge on any atom is -0.378 e. The molecule has 0 spiro atoms. The number of nitrogens with one attached hydrogen (secondary N) is 1. The first-order valence-corrected chi connectivity index (χ1v) is 10.3. The lowest BCUT2D eigenvalue weighted by Gasteiger charge is -2.33. The molecule has 6 nitrogen and oxygen atoms in total. The average Bonchev–Trinajstić information content (AvgIpc) is 2.74. The van der Waals surface area contributed by atoms with E-state index in [0.717, 1.165) is 54.3 Å². The Bertz CT molecular complexity index is 1070. The molecule has 1 amide bonds. The molecule has 1 saturated heterocycles. The smallest absolute Gasteiger partial charge is 0.255 e. The van der Waals surface area contributed by atoms with Gasteiger partial charge in [-0.3, -0.25) is 4.79 Å². The van der Waals surface area contributed by atoms with Crippen LogP contribution in [0.3, 0.4) is 0 Å². The van der Waals surface area contributed by atoms with Gasteiger partial charge in [0.05, 0.1) is 5.52 Å². The standard InChI is InChI=1S/C24H29N5O/c1-17-14-23(29-12-10-28(4)11-13-29)26-22-9-8-19(16-21(17)22)25-24(30)18-6-5-7-20(15-18)27(2)3/h5-9,14-16H,10-13H2,1-4H3,(H,25,30). The van der Waals surface area contributed by atoms with Crippen LogP contribution in [0.2, 0.25) is 0 Å². The third-order valence-electron chi connectivity index (χ3n) is 5.71. The van der Waals surface area contributed by atoms with Gasteiger partial charge in [0.1, 0.15) is 5.82 Å². The molecule has 0 bridgehead atoms. The number of carbonyl (C=O) groups is 1. The Labute approximate surface area is 178 Å². The molecule has 30 heavy (non-hydrogen) atoms. The fourth-order valence-corrected chi connectivity index (χ4v) is 3.78. The number of aromatic nitrogens is 1. The van der Waals surface area contributed by atoms with E-state index in [9.17, 15) is 4.79 Å². The van der Waals surface area contributed by atoms with Gasteiger partial charge in [0.15, 0.2) is 0 Å². The number of benzene rings is 2. The molecule has 2 aromatic carbocycles. The van der Waals surface area contributed by atoms with Crippen molar-refractivity contribution in [2.75, 3.05) is 62.4 Å². The zero-order valence-electron chi connectivity index (χ0n) is 18.1. The van der Waals surface area contributed by atoms with Gasteiger partial charge in [-0.05, 0) is 62.0 Å². The number of fused-ring (bicyclic) bond motifs is 1. The van der Waals surface area contributed by atoms with Gasteiger partial charge in [-0.1, -0.05) is 6.07 Å². The summed E-state index contributed by atoms with van der Waals surface area (Å²) in [6.45, 7) is 6.20. The monoisotopic (exact) mass is 403 g/mol. The maximum atomic E-state index is 12.7. The molecule has 1 aliphatic rings. The molecule has 0 saturated carbocycles. The molecule has 0 aliphatic carbocycles. The van der Waals surface area contributed by atoms with Crippen LogP contribution in [0, 0.1) is 6.92 Å². The molecule has 1 fully saturated rings. The minimum atomic E-state index is -0.113. The van der Waals surface area contributed by atoms with Crippen LogP contribution in [0.25, 0.3) is 10.9 Å². The lowest BCUT2D eigenvalue weighted by atomic mass is 10.1. The molecule has 156 valence electrons. The minimum absolute atomic E-state index is 0.113. The van der Waals surface area contributed by atoms with Gasteiger partial charge < -0.3 is 20.0 Å². The highest BCUT2D eigenvalue weighted by molar-refractivity contribution is 6.05. The number of piperazine rings is 1. The van der Waals surface area contributed by atoms with Crippen molar-refractivity contribution in [1.82, 2.24) is 9.88 Å². The first-order chi connectivity index (χ1) is 14.4. The van der Waals surface area contributed by atoms with Gasteiger partial charge in [-0.15, -0.1) is 0 Å². The van der Waals surface area contributed by atoms with Gasteiger partial charge in [0.2, 0.25) is 0 Å². The van der Waals surface area contributed by atoms with E-state index in [4.69, 9.17) is 4.98 Å². The van der Waals surface area contributed by atoms with Crippen molar-refractivity contribution in [3.63, 3.8) is 0 Å². The summed E-state index contributed by atoms with van der Waals surface area (Å²) < 4.78 is 0. The fraction of sp³-hybridized carbons (Fsp3) is 0.333. The first-order valence-electron chi connectivity index (χ1n) is 10.3. The Morgan fingerprint density at radius 3 is 2.53 bits per heavy atom. The molecule has 4 rings (SSSR count). The van der Waals surface area contributed by atoms with Gasteiger partial charge in [0.25, 0.3) is 5.91 Å². The molecule has 0 atom stereocenters. The molecule has 1 aromatic heterocycles. The highest BCUT2D eigenvalue weighted by atomic mass is 16.1. The molecular formula is C24H29N5O. The zero-order chi connectivity index (χ0) is 21.3. The molecule has 3 aromatic rings. The highest BCUT2D eigenvalue weighted by Crippen LogP contribution is 2.26. The normalized spacial score (nSPS) is 14.7. The highest BCUT2D eigenvalue weighted by Gasteiger charge is 2.17. The van der Waals surface area contributed by atoms with E-state index >= 15 is 0 Å². The second-order valence-electron chi connectivity index (χ2n) is 8.22. The number of nitrogens with zero attached hydrogens (tertiary/aromatic N) is 4. The molecule has 1 aliphatic heterocycles. The van der Waals surface area contributed by atoms with E-state index in [0.29, 0.717) is 5.56 Å². The number of hydrogen-bond donors (Lipinski definition) is 1. The third-order valence-corrected chi connectivity index (χ3v) is 5.71. The molecular weight excluding hydrogens is 374 g/mol. The Morgan fingerprint density at radius 1 is 1.03 bits per heavy atom. The van der Waals surface area contributed by atoms with Crippen LogP contribution in [0.5, 0.6) is 0 Å². The number of likely N-dealkylation sites (N-methyl/N-ethyl adjacent to an activating group) is 1. The SMILES string of the molecule is Cc1cc(N2CCN(C)CC2)nc2ccc(NC(=O)c3cccc(N(C)C)c3)cc12. The lowest BCUT2D eigenvalue weighted by Crippen LogP contribution is -2.44. The summed E-state index contributed by atoms with van der Waals surface area (Å²) in [6, 6.07) is 15.7. The van der Waals surface area contributed by atoms with Gasteiger partial charge in [0, 0.05) is 62.6 Å². The molecule has 0 unspecified atom stereocenters. The predicted molar refractivity (Wildman–Crippen MR) is 125 cm³/mol. The quantitative estimate of drug-likeness (QED) is 0.721. The van der Waals surface area contributed by atoms with Crippen LogP contribution in [0.4, 0.5) is 17.2 Å². The van der Waals surface area contributed by atoms with Gasteiger partial charge >= 0.3 is 0 Å². The van der Waals surface area contributed by atoms with E-state index in [2.05, 4.69) is 35.2 Å². The van der Waals surface area contributed by atoms with E-state index in [1.807, 2.05) is 61.5 Å². The van der Waals surface area contributed by atoms with Crippen molar-refractivity contribution in [3.8, 4) is 0 Å². The first kappa shape index (κ1) is 20.2. The number of carbonyl (C=O) groups excluding carboxylic acids is 1. The van der Waals surface area contributed by atoms with Crippen LogP contribution in [-0.4, -0.2) is 63.1 Å². The van der Waals surface area contributed by atoms with Crippen molar-refractivity contribution in [2.45, 2.75) is 6.92 Å². The summed E-state index contributed by atoms with van der Waals surface area (Å²) in [6.07, 6.45) is 0. The summed E-state index contributed by atoms with van der Waals surface area (Å²) in [5.74, 6) is 0.920. The van der Waals surface area contributed by atoms with Gasteiger partial charge in [-0.25, -0.2) is 4.98 Å². The number of anilines is 3. The Balaban J connectivity index is 1.56. The number of rotatable bonds is 4. The molecule has 0 radical (unpaired) electrons. The van der Waals surface area contributed by atoms with Crippen molar-refractivity contribution in [3.05, 3.63) is 59.7 Å². The fourth-order valence-electron chi connectivity index (χ4n) is 3.78. The number of aryl methyl sites for hydroxylation is 1. The maximum Gasteiger partial charge on any atom is 0.255 e. The Hall–Kier alpha value is -3.12. The van der Waals surface area contributed by atoms with Crippen LogP contribution < -0.4 is 15.1 Å². The summed E-state index contributed by atoms with van der Waals surface area (Å²) in [5, 5.41) is 4.09. The van der Waals surface area contributed by atoms with E-state index in [1.165, 1.54) is 5.56 Å². The van der Waals surface area contributed by atoms with Crippen LogP contribution in [0.1, 0.15) is 15.9 Å². The second-order valence-corrected chi connectivity index (χ2v) is 8.22.